The summed E-state index contributed by atoms with van der Waals surface area (Å²) in [6, 6.07) is 5.71. The van der Waals surface area contributed by atoms with Crippen LogP contribution in [0.15, 0.2) is 75.2 Å². The molecule has 0 spiro atoms. The van der Waals surface area contributed by atoms with Crippen molar-refractivity contribution in [2.75, 3.05) is 26.2 Å². The van der Waals surface area contributed by atoms with Crippen LogP contribution in [0.3, 0.4) is 0 Å². The summed E-state index contributed by atoms with van der Waals surface area (Å²) in [4.78, 5) is 25.3. The van der Waals surface area contributed by atoms with Gasteiger partial charge in [-0.05, 0) is 36.2 Å². The fraction of sp³-hybridized carbons (Fsp3) is 0.452. The first-order valence-corrected chi connectivity index (χ1v) is 14.3. The van der Waals surface area contributed by atoms with Crippen molar-refractivity contribution in [2.24, 2.45) is 4.99 Å². The number of amides is 1. The number of fused-ring (bicyclic) bond motifs is 1. The zero-order chi connectivity index (χ0) is 27.2. The van der Waals surface area contributed by atoms with Gasteiger partial charge in [0.25, 0.3) is 5.91 Å². The van der Waals surface area contributed by atoms with E-state index >= 15 is 0 Å². The van der Waals surface area contributed by atoms with Gasteiger partial charge < -0.3 is 19.4 Å². The molecule has 0 radical (unpaired) electrons. The van der Waals surface area contributed by atoms with Gasteiger partial charge in [-0.3, -0.25) is 9.79 Å². The first kappa shape index (κ1) is 27.2. The second-order valence-electron chi connectivity index (χ2n) is 10.7. The maximum atomic E-state index is 14.1. The van der Waals surface area contributed by atoms with Gasteiger partial charge in [0.15, 0.2) is 11.5 Å². The minimum atomic E-state index is 0.0185. The number of rotatable bonds is 9. The summed E-state index contributed by atoms with van der Waals surface area (Å²) >= 11 is 0. The third kappa shape index (κ3) is 6.11. The largest absolute Gasteiger partial charge is 0.493 e. The van der Waals surface area contributed by atoms with Crippen molar-refractivity contribution in [2.45, 2.75) is 64.2 Å². The molecule has 1 aliphatic carbocycles. The number of aromatic nitrogens is 1. The van der Waals surface area contributed by atoms with Gasteiger partial charge in [0.05, 0.1) is 6.61 Å². The number of carbonyl (C=O) groups excluding carboxylic acids is 1. The molecule has 0 bridgehead atoms. The molecule has 1 amide bonds. The Labute approximate surface area is 231 Å². The molecule has 1 aromatic carbocycles. The van der Waals surface area contributed by atoms with E-state index in [1.165, 1.54) is 32.1 Å². The smallest absolute Gasteiger partial charge is 0.272 e. The lowest BCUT2D eigenvalue weighted by Gasteiger charge is -2.36. The zero-order valence-corrected chi connectivity index (χ0v) is 23.2. The fourth-order valence-electron chi connectivity index (χ4n) is 6.20. The SMILES string of the molecule is C=C/C=C(\C=C/C)C1=C(C(=O)N2CCNCC2CCOc2ccc3oc(C)nc3c2)N=CB1C1CCCCC1. The van der Waals surface area contributed by atoms with E-state index in [1.54, 1.807) is 0 Å². The first-order chi connectivity index (χ1) is 19.1. The Morgan fingerprint density at radius 1 is 1.31 bits per heavy atom. The monoisotopic (exact) mass is 526 g/mol. The van der Waals surface area contributed by atoms with Gasteiger partial charge in [-0.25, -0.2) is 4.98 Å². The number of ether oxygens (including phenoxy) is 1. The second-order valence-corrected chi connectivity index (χ2v) is 10.7. The van der Waals surface area contributed by atoms with Gasteiger partial charge in [-0.2, -0.15) is 0 Å². The Bertz CT molecular complexity index is 1320. The van der Waals surface area contributed by atoms with Gasteiger partial charge in [0, 0.05) is 45.1 Å². The number of aliphatic imine (C=N–C) groups is 1. The van der Waals surface area contributed by atoms with E-state index in [0.29, 0.717) is 30.6 Å². The molecule has 1 saturated carbocycles. The van der Waals surface area contributed by atoms with E-state index < -0.39 is 0 Å². The molecule has 39 heavy (non-hydrogen) atoms. The van der Waals surface area contributed by atoms with Gasteiger partial charge >= 0.3 is 0 Å². The molecule has 2 aliphatic heterocycles. The van der Waals surface area contributed by atoms with Crippen molar-refractivity contribution < 1.29 is 13.9 Å². The minimum Gasteiger partial charge on any atom is -0.493 e. The molecular formula is C31H39BN4O3. The van der Waals surface area contributed by atoms with Gasteiger partial charge in [-0.15, -0.1) is 0 Å². The standard InChI is InChI=1S/C31H39BN4O3/c1-4-9-23(10-5-2)29-30(34-21-32(29)24-11-7-6-8-12-24)31(37)36-17-16-33-20-25(36)15-18-38-26-13-14-28-27(19-26)35-22(3)39-28/h4-5,9-10,13-14,19,21,24-25,33H,1,6-8,11-12,15-18,20H2,2-3H3/b10-5-,23-9+. The van der Waals surface area contributed by atoms with E-state index in [-0.39, 0.29) is 18.7 Å². The average molecular weight is 526 g/mol. The summed E-state index contributed by atoms with van der Waals surface area (Å²) in [7, 11) is 0. The summed E-state index contributed by atoms with van der Waals surface area (Å²) < 4.78 is 11.6. The van der Waals surface area contributed by atoms with E-state index in [1.807, 2.05) is 61.3 Å². The molecule has 5 rings (SSSR count). The lowest BCUT2D eigenvalue weighted by atomic mass is 9.35. The van der Waals surface area contributed by atoms with Gasteiger partial charge in [0.2, 0.25) is 6.71 Å². The third-order valence-electron chi connectivity index (χ3n) is 8.06. The average Bonchev–Trinajstić information content (AvgIpc) is 3.56. The predicted molar refractivity (Wildman–Crippen MR) is 158 cm³/mol. The number of allylic oxidation sites excluding steroid dienone is 6. The van der Waals surface area contributed by atoms with Crippen LogP contribution < -0.4 is 10.1 Å². The zero-order valence-electron chi connectivity index (χ0n) is 23.2. The van der Waals surface area contributed by atoms with E-state index in [2.05, 4.69) is 23.0 Å². The van der Waals surface area contributed by atoms with E-state index in [4.69, 9.17) is 14.1 Å². The van der Waals surface area contributed by atoms with Crippen molar-refractivity contribution in [3.8, 4) is 5.75 Å². The number of hydrogen-bond donors (Lipinski definition) is 1. The van der Waals surface area contributed by atoms with Gasteiger partial charge in [0.1, 0.15) is 17.0 Å². The summed E-state index contributed by atoms with van der Waals surface area (Å²) in [6.45, 7) is 10.6. The van der Waals surface area contributed by atoms with Crippen molar-refractivity contribution >= 4 is 29.8 Å². The van der Waals surface area contributed by atoms with Crippen LogP contribution in [0.1, 0.15) is 51.3 Å². The molecule has 1 N–H and O–H groups in total. The van der Waals surface area contributed by atoms with Crippen molar-refractivity contribution in [1.82, 2.24) is 15.2 Å². The normalized spacial score (nSPS) is 21.0. The van der Waals surface area contributed by atoms with Crippen LogP contribution in [0, 0.1) is 6.92 Å². The number of hydrogen-bond acceptors (Lipinski definition) is 6. The van der Waals surface area contributed by atoms with Crippen LogP contribution >= 0.6 is 0 Å². The molecule has 1 unspecified atom stereocenters. The second kappa shape index (κ2) is 12.6. The highest BCUT2D eigenvalue weighted by atomic mass is 16.5. The van der Waals surface area contributed by atoms with Gasteiger partial charge in [-0.1, -0.05) is 68.8 Å². The Kier molecular flexibility index (Phi) is 8.82. The number of carbonyl (C=O) groups is 1. The first-order valence-electron chi connectivity index (χ1n) is 14.3. The third-order valence-corrected chi connectivity index (χ3v) is 8.06. The Hall–Kier alpha value is -3.39. The number of piperazine rings is 1. The maximum absolute atomic E-state index is 14.1. The highest BCUT2D eigenvalue weighted by molar-refractivity contribution is 6.94. The molecule has 1 aromatic heterocycles. The molecule has 1 saturated heterocycles. The summed E-state index contributed by atoms with van der Waals surface area (Å²) in [5.74, 6) is 1.94. The Morgan fingerprint density at radius 2 is 2.15 bits per heavy atom. The number of nitrogens with zero attached hydrogens (tertiary/aromatic N) is 3. The minimum absolute atomic E-state index is 0.0185. The molecule has 3 aliphatic rings. The van der Waals surface area contributed by atoms with Crippen LogP contribution in [0.4, 0.5) is 0 Å². The van der Waals surface area contributed by atoms with Crippen LogP contribution in [-0.2, 0) is 4.79 Å². The molecule has 204 valence electrons. The highest BCUT2D eigenvalue weighted by Gasteiger charge is 2.39. The maximum Gasteiger partial charge on any atom is 0.272 e. The van der Waals surface area contributed by atoms with Crippen molar-refractivity contribution in [3.05, 3.63) is 71.7 Å². The summed E-state index contributed by atoms with van der Waals surface area (Å²) in [5.41, 5.74) is 4.24. The van der Waals surface area contributed by atoms with E-state index in [0.717, 1.165) is 47.4 Å². The number of oxazole rings is 1. The molecule has 2 aromatic rings. The lowest BCUT2D eigenvalue weighted by molar-refractivity contribution is -0.130. The van der Waals surface area contributed by atoms with Crippen LogP contribution in [0.2, 0.25) is 5.82 Å². The van der Waals surface area contributed by atoms with E-state index in [9.17, 15) is 4.79 Å². The molecule has 7 nitrogen and oxygen atoms in total. The predicted octanol–water partition coefficient (Wildman–Crippen LogP) is 5.64. The van der Waals surface area contributed by atoms with Crippen molar-refractivity contribution in [1.29, 1.82) is 0 Å². The van der Waals surface area contributed by atoms with Crippen LogP contribution in [-0.4, -0.2) is 60.9 Å². The molecule has 3 heterocycles. The molecule has 1 atom stereocenters. The summed E-state index contributed by atoms with van der Waals surface area (Å²) in [6.07, 6.45) is 16.9. The molecule has 8 heteroatoms. The topological polar surface area (TPSA) is 80.0 Å². The van der Waals surface area contributed by atoms with Crippen molar-refractivity contribution in [3.63, 3.8) is 0 Å². The molecule has 2 fully saturated rings. The molecular weight excluding hydrogens is 487 g/mol. The Morgan fingerprint density at radius 3 is 2.95 bits per heavy atom. The highest BCUT2D eigenvalue weighted by Crippen LogP contribution is 2.39. The number of nitrogens with one attached hydrogen (secondary N) is 1. The fourth-order valence-corrected chi connectivity index (χ4v) is 6.20. The quantitative estimate of drug-likeness (QED) is 0.338. The Balaban J connectivity index is 1.34. The lowest BCUT2D eigenvalue weighted by Crippen LogP contribution is -2.54. The number of aryl methyl sites for hydroxylation is 1. The van der Waals surface area contributed by atoms with Crippen LogP contribution in [0.5, 0.6) is 5.75 Å². The number of benzene rings is 1. The van der Waals surface area contributed by atoms with Crippen LogP contribution in [0.25, 0.3) is 11.1 Å². The summed E-state index contributed by atoms with van der Waals surface area (Å²) in [5, 5.41) is 3.46.